The average Bonchev–Trinajstić information content (AvgIpc) is 2.39. The Morgan fingerprint density at radius 3 is 2.89 bits per heavy atom. The standard InChI is InChI=1S/C12H18N2O4/c1-17-9-2-3-11(15)10(8-9)12(16)14-5-7-18-6-4-13/h2-3,8,15H,4-7,13H2,1H3,(H,14,16). The molecule has 0 aliphatic rings. The van der Waals surface area contributed by atoms with Gasteiger partial charge in [-0.1, -0.05) is 0 Å². The third-order valence-electron chi connectivity index (χ3n) is 2.24. The van der Waals surface area contributed by atoms with E-state index in [2.05, 4.69) is 5.32 Å². The first kappa shape index (κ1) is 14.3. The zero-order chi connectivity index (χ0) is 13.4. The van der Waals surface area contributed by atoms with E-state index in [-0.39, 0.29) is 17.2 Å². The Bertz CT molecular complexity index is 396. The lowest BCUT2D eigenvalue weighted by Crippen LogP contribution is -2.28. The Morgan fingerprint density at radius 1 is 1.44 bits per heavy atom. The summed E-state index contributed by atoms with van der Waals surface area (Å²) < 4.78 is 10.1. The van der Waals surface area contributed by atoms with Gasteiger partial charge in [-0.15, -0.1) is 0 Å². The van der Waals surface area contributed by atoms with Gasteiger partial charge in [-0.3, -0.25) is 4.79 Å². The van der Waals surface area contributed by atoms with Crippen molar-refractivity contribution < 1.29 is 19.4 Å². The molecule has 4 N–H and O–H groups in total. The molecule has 0 bridgehead atoms. The van der Waals surface area contributed by atoms with Crippen LogP contribution in [0.1, 0.15) is 10.4 Å². The van der Waals surface area contributed by atoms with Crippen LogP contribution in [0.2, 0.25) is 0 Å². The lowest BCUT2D eigenvalue weighted by atomic mass is 10.2. The van der Waals surface area contributed by atoms with Crippen molar-refractivity contribution in [3.05, 3.63) is 23.8 Å². The van der Waals surface area contributed by atoms with E-state index < -0.39 is 0 Å². The van der Waals surface area contributed by atoms with Crippen molar-refractivity contribution in [2.24, 2.45) is 5.73 Å². The third kappa shape index (κ3) is 4.23. The summed E-state index contributed by atoms with van der Waals surface area (Å²) in [5.41, 5.74) is 5.43. The fourth-order valence-electron chi connectivity index (χ4n) is 1.34. The van der Waals surface area contributed by atoms with E-state index in [9.17, 15) is 9.90 Å². The van der Waals surface area contributed by atoms with Gasteiger partial charge in [-0.25, -0.2) is 0 Å². The van der Waals surface area contributed by atoms with E-state index in [1.165, 1.54) is 19.2 Å². The molecule has 6 heteroatoms. The van der Waals surface area contributed by atoms with Crippen LogP contribution >= 0.6 is 0 Å². The van der Waals surface area contributed by atoms with Crippen molar-refractivity contribution in [1.82, 2.24) is 5.32 Å². The van der Waals surface area contributed by atoms with Crippen LogP contribution in [-0.2, 0) is 4.74 Å². The number of rotatable bonds is 7. The van der Waals surface area contributed by atoms with Gasteiger partial charge in [0.15, 0.2) is 0 Å². The quantitative estimate of drug-likeness (QED) is 0.600. The van der Waals surface area contributed by atoms with Crippen molar-refractivity contribution in [3.8, 4) is 11.5 Å². The molecule has 0 aliphatic carbocycles. The Labute approximate surface area is 106 Å². The minimum atomic E-state index is -0.372. The van der Waals surface area contributed by atoms with Crippen LogP contribution in [0.25, 0.3) is 0 Å². The molecule has 100 valence electrons. The SMILES string of the molecule is COc1ccc(O)c(C(=O)NCCOCCN)c1. The molecule has 1 aromatic carbocycles. The molecule has 0 aromatic heterocycles. The predicted molar refractivity (Wildman–Crippen MR) is 66.9 cm³/mol. The summed E-state index contributed by atoms with van der Waals surface area (Å²) >= 11 is 0. The Morgan fingerprint density at radius 2 is 2.22 bits per heavy atom. The lowest BCUT2D eigenvalue weighted by Gasteiger charge is -2.08. The summed E-state index contributed by atoms with van der Waals surface area (Å²) in [5.74, 6) is 0.0521. The molecule has 0 aliphatic heterocycles. The average molecular weight is 254 g/mol. The number of methoxy groups -OCH3 is 1. The number of benzene rings is 1. The molecule has 0 unspecified atom stereocenters. The molecule has 0 heterocycles. The minimum absolute atomic E-state index is 0.0869. The van der Waals surface area contributed by atoms with Gasteiger partial charge in [0.1, 0.15) is 11.5 Å². The summed E-state index contributed by atoms with van der Waals surface area (Å²) in [7, 11) is 1.49. The summed E-state index contributed by atoms with van der Waals surface area (Å²) in [6, 6.07) is 4.47. The first-order valence-electron chi connectivity index (χ1n) is 5.62. The van der Waals surface area contributed by atoms with Gasteiger partial charge in [0, 0.05) is 13.1 Å². The maximum Gasteiger partial charge on any atom is 0.255 e. The molecule has 0 spiro atoms. The monoisotopic (exact) mass is 254 g/mol. The minimum Gasteiger partial charge on any atom is -0.507 e. The molecule has 1 rings (SSSR count). The van der Waals surface area contributed by atoms with Gasteiger partial charge in [0.2, 0.25) is 0 Å². The number of carbonyl (C=O) groups is 1. The summed E-state index contributed by atoms with van der Waals surface area (Å²) in [4.78, 5) is 11.8. The highest BCUT2D eigenvalue weighted by Crippen LogP contribution is 2.22. The first-order chi connectivity index (χ1) is 8.69. The number of hydrogen-bond donors (Lipinski definition) is 3. The second-order valence-corrected chi connectivity index (χ2v) is 3.54. The smallest absolute Gasteiger partial charge is 0.255 e. The van der Waals surface area contributed by atoms with E-state index in [0.29, 0.717) is 32.1 Å². The van der Waals surface area contributed by atoms with Crippen LogP contribution in [0.3, 0.4) is 0 Å². The van der Waals surface area contributed by atoms with Gasteiger partial charge in [-0.05, 0) is 18.2 Å². The molecule has 1 amide bonds. The molecular formula is C12H18N2O4. The Hall–Kier alpha value is -1.79. The van der Waals surface area contributed by atoms with Crippen LogP contribution < -0.4 is 15.8 Å². The van der Waals surface area contributed by atoms with Crippen LogP contribution in [0.5, 0.6) is 11.5 Å². The molecule has 0 fully saturated rings. The highest BCUT2D eigenvalue weighted by Gasteiger charge is 2.11. The first-order valence-corrected chi connectivity index (χ1v) is 5.62. The topological polar surface area (TPSA) is 93.8 Å². The molecular weight excluding hydrogens is 236 g/mol. The zero-order valence-electron chi connectivity index (χ0n) is 10.3. The normalized spacial score (nSPS) is 10.1. The highest BCUT2D eigenvalue weighted by molar-refractivity contribution is 5.97. The lowest BCUT2D eigenvalue weighted by molar-refractivity contribution is 0.0917. The van der Waals surface area contributed by atoms with Crippen LogP contribution in [0.15, 0.2) is 18.2 Å². The molecule has 6 nitrogen and oxygen atoms in total. The van der Waals surface area contributed by atoms with Gasteiger partial charge in [0.05, 0.1) is 25.9 Å². The second-order valence-electron chi connectivity index (χ2n) is 3.54. The highest BCUT2D eigenvalue weighted by atomic mass is 16.5. The molecule has 0 saturated carbocycles. The number of amides is 1. The van der Waals surface area contributed by atoms with Crippen molar-refractivity contribution in [1.29, 1.82) is 0 Å². The van der Waals surface area contributed by atoms with E-state index in [4.69, 9.17) is 15.2 Å². The number of nitrogens with two attached hydrogens (primary N) is 1. The molecule has 0 atom stereocenters. The number of aromatic hydroxyl groups is 1. The van der Waals surface area contributed by atoms with Gasteiger partial charge in [0.25, 0.3) is 5.91 Å². The number of carbonyl (C=O) groups excluding carboxylic acids is 1. The van der Waals surface area contributed by atoms with Crippen molar-refractivity contribution in [2.45, 2.75) is 0 Å². The maximum absolute atomic E-state index is 11.8. The fourth-order valence-corrected chi connectivity index (χ4v) is 1.34. The maximum atomic E-state index is 11.8. The second kappa shape index (κ2) is 7.52. The Kier molecular flexibility index (Phi) is 5.96. The largest absolute Gasteiger partial charge is 0.507 e. The number of nitrogens with one attached hydrogen (secondary N) is 1. The van der Waals surface area contributed by atoms with E-state index in [0.717, 1.165) is 0 Å². The number of phenolic OH excluding ortho intramolecular Hbond substituents is 1. The third-order valence-corrected chi connectivity index (χ3v) is 2.24. The van der Waals surface area contributed by atoms with E-state index in [1.54, 1.807) is 6.07 Å². The van der Waals surface area contributed by atoms with Crippen LogP contribution in [0.4, 0.5) is 0 Å². The predicted octanol–water partition coefficient (Wildman–Crippen LogP) is 0.106. The zero-order valence-corrected chi connectivity index (χ0v) is 10.3. The van der Waals surface area contributed by atoms with Crippen molar-refractivity contribution in [3.63, 3.8) is 0 Å². The van der Waals surface area contributed by atoms with Gasteiger partial charge < -0.3 is 25.6 Å². The molecule has 0 saturated heterocycles. The van der Waals surface area contributed by atoms with Crippen LogP contribution in [0, 0.1) is 0 Å². The van der Waals surface area contributed by atoms with Crippen molar-refractivity contribution >= 4 is 5.91 Å². The summed E-state index contributed by atoms with van der Waals surface area (Å²) in [5, 5.41) is 12.2. The molecule has 18 heavy (non-hydrogen) atoms. The van der Waals surface area contributed by atoms with Gasteiger partial charge in [-0.2, -0.15) is 0 Å². The Balaban J connectivity index is 2.50. The number of hydrogen-bond acceptors (Lipinski definition) is 5. The summed E-state index contributed by atoms with van der Waals surface area (Å²) in [6.45, 7) is 1.65. The van der Waals surface area contributed by atoms with Crippen LogP contribution in [-0.4, -0.2) is 44.4 Å². The number of ether oxygens (including phenoxy) is 2. The van der Waals surface area contributed by atoms with E-state index in [1.807, 2.05) is 0 Å². The van der Waals surface area contributed by atoms with E-state index >= 15 is 0 Å². The van der Waals surface area contributed by atoms with Gasteiger partial charge >= 0.3 is 0 Å². The number of phenols is 1. The molecule has 0 radical (unpaired) electrons. The van der Waals surface area contributed by atoms with Crippen molar-refractivity contribution in [2.75, 3.05) is 33.4 Å². The molecule has 1 aromatic rings. The fraction of sp³-hybridized carbons (Fsp3) is 0.417. The summed E-state index contributed by atoms with van der Waals surface area (Å²) in [6.07, 6.45) is 0.